The van der Waals surface area contributed by atoms with Gasteiger partial charge in [0.05, 0.1) is 6.61 Å². The van der Waals surface area contributed by atoms with E-state index in [1.165, 1.54) is 5.56 Å². The highest BCUT2D eigenvalue weighted by Crippen LogP contribution is 2.27. The first-order chi connectivity index (χ1) is 8.83. The van der Waals surface area contributed by atoms with Crippen molar-refractivity contribution in [2.75, 3.05) is 26.9 Å². The monoisotopic (exact) mass is 251 g/mol. The Balaban J connectivity index is 2.81. The van der Waals surface area contributed by atoms with Gasteiger partial charge >= 0.3 is 0 Å². The van der Waals surface area contributed by atoms with E-state index >= 15 is 0 Å². The third-order valence-electron chi connectivity index (χ3n) is 2.85. The standard InChI is InChI=1S/C15H25NO2/c1-4-11-16-14(10-12-17-3)13-8-6-7-9-15(13)18-5-2/h6-9,14,16H,4-5,10-12H2,1-3H3. The third-order valence-corrected chi connectivity index (χ3v) is 2.85. The van der Waals surface area contributed by atoms with Gasteiger partial charge in [-0.25, -0.2) is 0 Å². The zero-order valence-electron chi connectivity index (χ0n) is 11.7. The summed E-state index contributed by atoms with van der Waals surface area (Å²) >= 11 is 0. The second-order valence-electron chi connectivity index (χ2n) is 4.26. The molecule has 0 amide bonds. The summed E-state index contributed by atoms with van der Waals surface area (Å²) in [7, 11) is 1.74. The zero-order valence-corrected chi connectivity index (χ0v) is 11.7. The number of para-hydroxylation sites is 1. The topological polar surface area (TPSA) is 30.5 Å². The predicted octanol–water partition coefficient (Wildman–Crippen LogP) is 3.16. The van der Waals surface area contributed by atoms with Crippen LogP contribution in [0.25, 0.3) is 0 Å². The van der Waals surface area contributed by atoms with Gasteiger partial charge in [0.2, 0.25) is 0 Å². The Labute approximate surface area is 110 Å². The normalized spacial score (nSPS) is 12.4. The SMILES string of the molecule is CCCNC(CCOC)c1ccccc1OCC. The zero-order chi connectivity index (χ0) is 13.2. The van der Waals surface area contributed by atoms with Gasteiger partial charge in [0.1, 0.15) is 5.75 Å². The van der Waals surface area contributed by atoms with Gasteiger partial charge in [0.15, 0.2) is 0 Å². The number of rotatable bonds is 9. The van der Waals surface area contributed by atoms with Gasteiger partial charge < -0.3 is 14.8 Å². The maximum atomic E-state index is 5.70. The average molecular weight is 251 g/mol. The summed E-state index contributed by atoms with van der Waals surface area (Å²) in [4.78, 5) is 0. The molecule has 0 fully saturated rings. The number of hydrogen-bond donors (Lipinski definition) is 1. The molecule has 1 aromatic carbocycles. The third kappa shape index (κ3) is 4.67. The molecule has 0 aliphatic heterocycles. The molecule has 1 atom stereocenters. The van der Waals surface area contributed by atoms with Gasteiger partial charge in [-0.2, -0.15) is 0 Å². The van der Waals surface area contributed by atoms with Crippen molar-refractivity contribution in [3.8, 4) is 5.75 Å². The summed E-state index contributed by atoms with van der Waals surface area (Å²) in [5, 5.41) is 3.56. The molecule has 0 bridgehead atoms. The molecule has 1 unspecified atom stereocenters. The predicted molar refractivity (Wildman–Crippen MR) is 75.1 cm³/mol. The minimum atomic E-state index is 0.299. The quantitative estimate of drug-likeness (QED) is 0.731. The van der Waals surface area contributed by atoms with E-state index in [1.807, 2.05) is 19.1 Å². The molecular weight excluding hydrogens is 226 g/mol. The van der Waals surface area contributed by atoms with Crippen molar-refractivity contribution in [1.82, 2.24) is 5.32 Å². The van der Waals surface area contributed by atoms with Crippen LogP contribution in [0.4, 0.5) is 0 Å². The van der Waals surface area contributed by atoms with E-state index in [2.05, 4.69) is 24.4 Å². The lowest BCUT2D eigenvalue weighted by atomic mass is 10.0. The largest absolute Gasteiger partial charge is 0.494 e. The van der Waals surface area contributed by atoms with Crippen molar-refractivity contribution >= 4 is 0 Å². The Morgan fingerprint density at radius 3 is 2.67 bits per heavy atom. The summed E-state index contributed by atoms with van der Waals surface area (Å²) in [6, 6.07) is 8.54. The van der Waals surface area contributed by atoms with Crippen LogP contribution in [-0.4, -0.2) is 26.9 Å². The Hall–Kier alpha value is -1.06. The fraction of sp³-hybridized carbons (Fsp3) is 0.600. The lowest BCUT2D eigenvalue weighted by Gasteiger charge is -2.21. The van der Waals surface area contributed by atoms with E-state index in [-0.39, 0.29) is 0 Å². The highest BCUT2D eigenvalue weighted by Gasteiger charge is 2.14. The van der Waals surface area contributed by atoms with Crippen LogP contribution in [0.3, 0.4) is 0 Å². The molecule has 0 saturated carbocycles. The molecule has 0 radical (unpaired) electrons. The highest BCUT2D eigenvalue weighted by atomic mass is 16.5. The number of ether oxygens (including phenoxy) is 2. The Kier molecular flexibility index (Phi) is 7.46. The summed E-state index contributed by atoms with van der Waals surface area (Å²) in [5.74, 6) is 0.977. The summed E-state index contributed by atoms with van der Waals surface area (Å²) in [5.41, 5.74) is 1.23. The van der Waals surface area contributed by atoms with E-state index in [0.717, 1.165) is 31.7 Å². The molecule has 0 aliphatic carbocycles. The van der Waals surface area contributed by atoms with Gasteiger partial charge in [0.25, 0.3) is 0 Å². The molecule has 18 heavy (non-hydrogen) atoms. The van der Waals surface area contributed by atoms with Crippen molar-refractivity contribution in [2.45, 2.75) is 32.7 Å². The lowest BCUT2D eigenvalue weighted by Crippen LogP contribution is -2.24. The Bertz CT molecular complexity index is 320. The molecular formula is C15H25NO2. The van der Waals surface area contributed by atoms with Gasteiger partial charge in [-0.3, -0.25) is 0 Å². The first kappa shape index (κ1) is 15.0. The molecule has 3 heteroatoms. The van der Waals surface area contributed by atoms with Crippen LogP contribution in [-0.2, 0) is 4.74 Å². The van der Waals surface area contributed by atoms with Crippen molar-refractivity contribution in [1.29, 1.82) is 0 Å². The first-order valence-electron chi connectivity index (χ1n) is 6.77. The van der Waals surface area contributed by atoms with Crippen LogP contribution >= 0.6 is 0 Å². The second-order valence-corrected chi connectivity index (χ2v) is 4.26. The smallest absolute Gasteiger partial charge is 0.124 e. The number of nitrogens with one attached hydrogen (secondary N) is 1. The van der Waals surface area contributed by atoms with Crippen molar-refractivity contribution in [2.24, 2.45) is 0 Å². The summed E-state index contributed by atoms with van der Waals surface area (Å²) in [6.07, 6.45) is 2.08. The van der Waals surface area contributed by atoms with E-state index < -0.39 is 0 Å². The van der Waals surface area contributed by atoms with Gasteiger partial charge in [-0.15, -0.1) is 0 Å². The molecule has 0 spiro atoms. The van der Waals surface area contributed by atoms with Gasteiger partial charge in [-0.05, 0) is 32.4 Å². The van der Waals surface area contributed by atoms with Crippen LogP contribution in [0, 0.1) is 0 Å². The molecule has 0 heterocycles. The maximum absolute atomic E-state index is 5.70. The molecule has 102 valence electrons. The van der Waals surface area contributed by atoms with E-state index in [9.17, 15) is 0 Å². The van der Waals surface area contributed by atoms with Crippen LogP contribution < -0.4 is 10.1 Å². The van der Waals surface area contributed by atoms with Gasteiger partial charge in [0, 0.05) is 25.3 Å². The highest BCUT2D eigenvalue weighted by molar-refractivity contribution is 5.36. The molecule has 1 N–H and O–H groups in total. The maximum Gasteiger partial charge on any atom is 0.124 e. The van der Waals surface area contributed by atoms with Crippen molar-refractivity contribution in [3.05, 3.63) is 29.8 Å². The van der Waals surface area contributed by atoms with Crippen LogP contribution in [0.5, 0.6) is 5.75 Å². The number of benzene rings is 1. The van der Waals surface area contributed by atoms with Gasteiger partial charge in [-0.1, -0.05) is 25.1 Å². The molecule has 0 aromatic heterocycles. The van der Waals surface area contributed by atoms with Crippen molar-refractivity contribution in [3.63, 3.8) is 0 Å². The first-order valence-corrected chi connectivity index (χ1v) is 6.77. The molecule has 1 aromatic rings. The number of hydrogen-bond acceptors (Lipinski definition) is 3. The number of methoxy groups -OCH3 is 1. The Morgan fingerprint density at radius 2 is 2.00 bits per heavy atom. The fourth-order valence-electron chi connectivity index (χ4n) is 1.98. The van der Waals surface area contributed by atoms with Crippen molar-refractivity contribution < 1.29 is 9.47 Å². The second kappa shape index (κ2) is 8.95. The summed E-state index contributed by atoms with van der Waals surface area (Å²) in [6.45, 7) is 6.65. The fourth-order valence-corrected chi connectivity index (χ4v) is 1.98. The minimum Gasteiger partial charge on any atom is -0.494 e. The van der Waals surface area contributed by atoms with E-state index in [0.29, 0.717) is 12.6 Å². The van der Waals surface area contributed by atoms with Crippen LogP contribution in [0.2, 0.25) is 0 Å². The minimum absolute atomic E-state index is 0.299. The van der Waals surface area contributed by atoms with E-state index in [1.54, 1.807) is 7.11 Å². The molecule has 0 saturated heterocycles. The summed E-state index contributed by atoms with van der Waals surface area (Å²) < 4.78 is 10.9. The molecule has 3 nitrogen and oxygen atoms in total. The molecule has 0 aliphatic rings. The van der Waals surface area contributed by atoms with E-state index in [4.69, 9.17) is 9.47 Å². The van der Waals surface area contributed by atoms with Crippen LogP contribution in [0.1, 0.15) is 38.3 Å². The average Bonchev–Trinajstić information content (AvgIpc) is 2.40. The molecule has 1 rings (SSSR count). The lowest BCUT2D eigenvalue weighted by molar-refractivity contribution is 0.182. The Morgan fingerprint density at radius 1 is 1.22 bits per heavy atom. The van der Waals surface area contributed by atoms with Crippen LogP contribution in [0.15, 0.2) is 24.3 Å².